The van der Waals surface area contributed by atoms with Gasteiger partial charge in [-0.1, -0.05) is 60.7 Å². The van der Waals surface area contributed by atoms with Crippen LogP contribution in [0.5, 0.6) is 0 Å². The molecule has 0 aromatic heterocycles. The van der Waals surface area contributed by atoms with Gasteiger partial charge in [0.25, 0.3) is 0 Å². The highest BCUT2D eigenvalue weighted by atomic mass is 32.2. The minimum Gasteiger partial charge on any atom is -0.384 e. The summed E-state index contributed by atoms with van der Waals surface area (Å²) >= 11 is 0. The van der Waals surface area contributed by atoms with Gasteiger partial charge in [-0.05, 0) is 90.4 Å². The standard InChI is InChI=1S/C35H49N5O4S/c1-28(41)32-26-31(18-19-34(32)36-27-33(29-14-8-6-9-15-29)30-16-10-7-11-17-30)45(43,44)37-21-20-35(42)40(24-12-22-38(2)3)25-13-23-39(4)5/h6-11,14-19,26,33,36-37H,12-13,20-25,27H2,1-5H3. The number of ketones is 1. The van der Waals surface area contributed by atoms with Gasteiger partial charge < -0.3 is 20.0 Å². The van der Waals surface area contributed by atoms with Crippen LogP contribution in [0, 0.1) is 0 Å². The lowest BCUT2D eigenvalue weighted by atomic mass is 9.91. The van der Waals surface area contributed by atoms with Gasteiger partial charge in [-0.3, -0.25) is 9.59 Å². The van der Waals surface area contributed by atoms with Crippen molar-refractivity contribution in [3.8, 4) is 0 Å². The van der Waals surface area contributed by atoms with E-state index in [0.717, 1.165) is 37.1 Å². The molecule has 3 rings (SSSR count). The Balaban J connectivity index is 1.68. The van der Waals surface area contributed by atoms with Gasteiger partial charge in [0.15, 0.2) is 5.78 Å². The molecule has 0 radical (unpaired) electrons. The predicted molar refractivity (Wildman–Crippen MR) is 182 cm³/mol. The summed E-state index contributed by atoms with van der Waals surface area (Å²) in [7, 11) is 4.06. The van der Waals surface area contributed by atoms with Gasteiger partial charge in [0.2, 0.25) is 15.9 Å². The van der Waals surface area contributed by atoms with Gasteiger partial charge >= 0.3 is 0 Å². The Labute approximate surface area is 269 Å². The first-order chi connectivity index (χ1) is 21.5. The molecule has 0 unspecified atom stereocenters. The SMILES string of the molecule is CC(=O)c1cc(S(=O)(=O)NCCC(=O)N(CCCN(C)C)CCCN(C)C)ccc1NCC(c1ccccc1)c1ccccc1. The third kappa shape index (κ3) is 11.7. The van der Waals surface area contributed by atoms with E-state index in [1.807, 2.05) is 69.5 Å². The van der Waals surface area contributed by atoms with Gasteiger partial charge in [0.1, 0.15) is 0 Å². The number of Topliss-reactive ketones (excluding diaryl/α,β-unsaturated/α-hetero) is 1. The number of rotatable bonds is 19. The first-order valence-corrected chi connectivity index (χ1v) is 17.0. The molecular weight excluding hydrogens is 586 g/mol. The summed E-state index contributed by atoms with van der Waals surface area (Å²) in [5, 5.41) is 3.40. The lowest BCUT2D eigenvalue weighted by Gasteiger charge is -2.24. The fourth-order valence-corrected chi connectivity index (χ4v) is 6.26. The zero-order chi connectivity index (χ0) is 32.8. The number of hydrogen-bond acceptors (Lipinski definition) is 7. The van der Waals surface area contributed by atoms with Crippen molar-refractivity contribution in [1.82, 2.24) is 19.4 Å². The molecule has 0 aliphatic carbocycles. The fraction of sp³-hybridized carbons (Fsp3) is 0.429. The highest BCUT2D eigenvalue weighted by Crippen LogP contribution is 2.27. The van der Waals surface area contributed by atoms with E-state index in [4.69, 9.17) is 0 Å². The number of carbonyl (C=O) groups excluding carboxylic acids is 2. The lowest BCUT2D eigenvalue weighted by molar-refractivity contribution is -0.131. The van der Waals surface area contributed by atoms with Gasteiger partial charge in [-0.25, -0.2) is 13.1 Å². The van der Waals surface area contributed by atoms with E-state index in [9.17, 15) is 18.0 Å². The Morgan fingerprint density at radius 2 is 1.29 bits per heavy atom. The fourth-order valence-electron chi connectivity index (χ4n) is 5.20. The Morgan fingerprint density at radius 1 is 0.756 bits per heavy atom. The molecule has 0 heterocycles. The summed E-state index contributed by atoms with van der Waals surface area (Å²) in [5.41, 5.74) is 3.13. The molecule has 9 nitrogen and oxygen atoms in total. The molecule has 0 saturated heterocycles. The maximum Gasteiger partial charge on any atom is 0.240 e. The monoisotopic (exact) mass is 635 g/mol. The first kappa shape index (κ1) is 35.9. The van der Waals surface area contributed by atoms with E-state index in [-0.39, 0.29) is 35.5 Å². The van der Waals surface area contributed by atoms with Crippen molar-refractivity contribution in [3.05, 3.63) is 95.6 Å². The van der Waals surface area contributed by atoms with E-state index in [2.05, 4.69) is 44.1 Å². The molecule has 0 bridgehead atoms. The molecule has 2 N–H and O–H groups in total. The number of anilines is 1. The lowest BCUT2D eigenvalue weighted by Crippen LogP contribution is -2.37. The van der Waals surface area contributed by atoms with Crippen molar-refractivity contribution in [1.29, 1.82) is 0 Å². The maximum absolute atomic E-state index is 13.2. The second kappa shape index (κ2) is 17.8. The molecule has 1 amide bonds. The zero-order valence-corrected chi connectivity index (χ0v) is 28.1. The van der Waals surface area contributed by atoms with E-state index in [1.165, 1.54) is 19.1 Å². The van der Waals surface area contributed by atoms with E-state index in [1.54, 1.807) is 6.07 Å². The van der Waals surface area contributed by atoms with Crippen molar-refractivity contribution < 1.29 is 18.0 Å². The molecule has 0 aliphatic rings. The average molecular weight is 636 g/mol. The number of carbonyl (C=O) groups is 2. The molecule has 0 aliphatic heterocycles. The maximum atomic E-state index is 13.2. The molecule has 0 atom stereocenters. The normalized spacial score (nSPS) is 11.7. The highest BCUT2D eigenvalue weighted by Gasteiger charge is 2.21. The molecule has 3 aromatic carbocycles. The smallest absolute Gasteiger partial charge is 0.240 e. The van der Waals surface area contributed by atoms with E-state index >= 15 is 0 Å². The summed E-state index contributed by atoms with van der Waals surface area (Å²) < 4.78 is 29.0. The second-order valence-electron chi connectivity index (χ2n) is 11.9. The Kier molecular flexibility index (Phi) is 14.2. The summed E-state index contributed by atoms with van der Waals surface area (Å²) in [6.45, 7) is 4.91. The van der Waals surface area contributed by atoms with Crippen molar-refractivity contribution in [3.63, 3.8) is 0 Å². The van der Waals surface area contributed by atoms with Crippen molar-refractivity contribution >= 4 is 27.4 Å². The highest BCUT2D eigenvalue weighted by molar-refractivity contribution is 7.89. The minimum absolute atomic E-state index is 0.0119. The molecular formula is C35H49N5O4S. The second-order valence-corrected chi connectivity index (χ2v) is 13.6. The van der Waals surface area contributed by atoms with Crippen LogP contribution in [0.25, 0.3) is 0 Å². The van der Waals surface area contributed by atoms with Crippen molar-refractivity contribution in [2.75, 3.05) is 72.8 Å². The minimum atomic E-state index is -3.94. The largest absolute Gasteiger partial charge is 0.384 e. The molecule has 0 fully saturated rings. The van der Waals surface area contributed by atoms with Gasteiger partial charge in [0, 0.05) is 49.8 Å². The zero-order valence-electron chi connectivity index (χ0n) is 27.3. The van der Waals surface area contributed by atoms with E-state index in [0.29, 0.717) is 30.9 Å². The third-order valence-electron chi connectivity index (χ3n) is 7.63. The summed E-state index contributed by atoms with van der Waals surface area (Å²) in [5.74, 6) is -0.294. The van der Waals surface area contributed by atoms with Crippen LogP contribution in [0.2, 0.25) is 0 Å². The summed E-state index contributed by atoms with van der Waals surface area (Å²) in [6.07, 6.45) is 1.75. The molecule has 0 saturated carbocycles. The number of nitrogens with zero attached hydrogens (tertiary/aromatic N) is 3. The van der Waals surface area contributed by atoms with Gasteiger partial charge in [0.05, 0.1) is 4.90 Å². The summed E-state index contributed by atoms with van der Waals surface area (Å²) in [4.78, 5) is 31.7. The first-order valence-electron chi connectivity index (χ1n) is 15.5. The number of amides is 1. The summed E-state index contributed by atoms with van der Waals surface area (Å²) in [6, 6.07) is 24.8. The van der Waals surface area contributed by atoms with Crippen LogP contribution in [0.3, 0.4) is 0 Å². The number of benzene rings is 3. The van der Waals surface area contributed by atoms with Crippen LogP contribution in [-0.2, 0) is 14.8 Å². The third-order valence-corrected chi connectivity index (χ3v) is 9.09. The number of nitrogens with one attached hydrogen (secondary N) is 2. The van der Waals surface area contributed by atoms with Crippen molar-refractivity contribution in [2.45, 2.75) is 37.0 Å². The van der Waals surface area contributed by atoms with Crippen LogP contribution in [-0.4, -0.2) is 102 Å². The van der Waals surface area contributed by atoms with Crippen LogP contribution in [0.1, 0.15) is 53.6 Å². The quantitative estimate of drug-likeness (QED) is 0.187. The molecule has 45 heavy (non-hydrogen) atoms. The van der Waals surface area contributed by atoms with Gasteiger partial charge in [-0.15, -0.1) is 0 Å². The molecule has 0 spiro atoms. The van der Waals surface area contributed by atoms with Crippen LogP contribution in [0.15, 0.2) is 83.8 Å². The Morgan fingerprint density at radius 3 is 1.78 bits per heavy atom. The van der Waals surface area contributed by atoms with Crippen molar-refractivity contribution in [2.24, 2.45) is 0 Å². The Hall–Kier alpha value is -3.57. The van der Waals surface area contributed by atoms with E-state index < -0.39 is 10.0 Å². The van der Waals surface area contributed by atoms with Crippen LogP contribution >= 0.6 is 0 Å². The Bertz CT molecular complexity index is 1410. The topological polar surface area (TPSA) is 102 Å². The number of sulfonamides is 1. The predicted octanol–water partition coefficient (Wildman–Crippen LogP) is 4.53. The van der Waals surface area contributed by atoms with Gasteiger partial charge in [-0.2, -0.15) is 0 Å². The molecule has 10 heteroatoms. The van der Waals surface area contributed by atoms with Crippen LogP contribution in [0.4, 0.5) is 5.69 Å². The van der Waals surface area contributed by atoms with Crippen LogP contribution < -0.4 is 10.0 Å². The molecule has 244 valence electrons. The average Bonchev–Trinajstić information content (AvgIpc) is 3.01. The number of hydrogen-bond donors (Lipinski definition) is 2. The molecule has 3 aromatic rings.